The Balaban J connectivity index is 5.24. The van der Waals surface area contributed by atoms with Gasteiger partial charge in [0.15, 0.2) is 5.78 Å². The number of hydrogen-bond donors (Lipinski definition) is 4. The van der Waals surface area contributed by atoms with Crippen LogP contribution < -0.4 is 16.0 Å². The number of ketones is 2. The number of carbonyl (C=O) groups is 6. The summed E-state index contributed by atoms with van der Waals surface area (Å²) in [6, 6.07) is -1.80. The molecule has 0 rings (SSSR count). The molecule has 57 heavy (non-hydrogen) atoms. The predicted octanol–water partition coefficient (Wildman–Crippen LogP) is 3.33. The first-order chi connectivity index (χ1) is 26.5. The lowest BCUT2D eigenvalue weighted by Crippen LogP contribution is -2.53. The minimum absolute atomic E-state index is 0.0215. The highest BCUT2D eigenvalue weighted by Crippen LogP contribution is 2.27. The summed E-state index contributed by atoms with van der Waals surface area (Å²) in [5.41, 5.74) is -0.985. The van der Waals surface area contributed by atoms with Gasteiger partial charge in [-0.3, -0.25) is 33.4 Å². The maximum atomic E-state index is 13.8. The van der Waals surface area contributed by atoms with E-state index in [0.29, 0.717) is 71.9 Å². The van der Waals surface area contributed by atoms with Crippen LogP contribution in [0.1, 0.15) is 107 Å². The molecule has 0 aliphatic heterocycles. The van der Waals surface area contributed by atoms with Crippen LogP contribution in [0, 0.1) is 22.7 Å². The third-order valence-electron chi connectivity index (χ3n) is 8.68. The number of amides is 5. The predicted molar refractivity (Wildman–Crippen MR) is 215 cm³/mol. The summed E-state index contributed by atoms with van der Waals surface area (Å²) in [6.45, 7) is 17.7. The Morgan fingerprint density at radius 3 is 1.81 bits per heavy atom. The summed E-state index contributed by atoms with van der Waals surface area (Å²) < 4.78 is 51.8. The largest absolute Gasteiger partial charge is 0.382 e. The van der Waals surface area contributed by atoms with Crippen LogP contribution in [0.2, 0.25) is 0 Å². The van der Waals surface area contributed by atoms with Crippen molar-refractivity contribution in [2.24, 2.45) is 22.7 Å². The molecule has 0 aromatic rings. The van der Waals surface area contributed by atoms with Gasteiger partial charge in [0.05, 0.1) is 58.0 Å². The van der Waals surface area contributed by atoms with Gasteiger partial charge in [0.25, 0.3) is 10.1 Å². The molecule has 0 aromatic heterocycles. The van der Waals surface area contributed by atoms with Crippen LogP contribution in [0.3, 0.4) is 0 Å². The van der Waals surface area contributed by atoms with Crippen LogP contribution in [0.5, 0.6) is 0 Å². The third kappa shape index (κ3) is 28.1. The monoisotopic (exact) mass is 836 g/mol. The van der Waals surface area contributed by atoms with E-state index in [1.54, 1.807) is 41.7 Å². The first kappa shape index (κ1) is 54.0. The number of unbranched alkanes of at least 4 members (excludes halogenated alkanes) is 1. The molecule has 4 N–H and O–H groups in total. The Morgan fingerprint density at radius 2 is 1.28 bits per heavy atom. The fraction of sp³-hybridized carbons (Fsp3) is 0.846. The Hall–Kier alpha value is -3.03. The number of nitrogens with one attached hydrogen (secondary N) is 3. The summed E-state index contributed by atoms with van der Waals surface area (Å²) in [4.78, 5) is 79.7. The minimum Gasteiger partial charge on any atom is -0.382 e. The van der Waals surface area contributed by atoms with Crippen LogP contribution >= 0.6 is 0 Å². The first-order valence-electron chi connectivity index (χ1n) is 19.9. The third-order valence-corrected chi connectivity index (χ3v) is 9.40. The number of hydrogen-bond acceptors (Lipinski definition) is 12. The zero-order chi connectivity index (χ0) is 43.7. The fourth-order valence-corrected chi connectivity index (χ4v) is 5.73. The van der Waals surface area contributed by atoms with E-state index >= 15 is 0 Å². The number of carbonyl (C=O) groups excluding carboxylic acids is 6. The van der Waals surface area contributed by atoms with Crippen molar-refractivity contribution in [1.29, 1.82) is 0 Å². The number of methoxy groups -OCH3 is 1. The van der Waals surface area contributed by atoms with E-state index in [1.165, 1.54) is 0 Å². The summed E-state index contributed by atoms with van der Waals surface area (Å²) >= 11 is 0. The van der Waals surface area contributed by atoms with Gasteiger partial charge in [-0.05, 0) is 30.6 Å². The SMILES string of the molecule is COCCOCCOCCOCCC(=O)NCCCC[C@H](CC(=O)[C@@H](NC(=O)N(CCC(C)(C)C)C(=O)CCC(=O)NCCS(=O)(=O)O)C(C)C)C(=O)C(C)(C)C. The molecule has 0 saturated carbocycles. The van der Waals surface area contributed by atoms with Crippen LogP contribution in [-0.4, -0.2) is 138 Å². The number of ether oxygens (including phenoxy) is 4. The molecule has 5 amide bonds. The summed E-state index contributed by atoms with van der Waals surface area (Å²) in [6.07, 6.45) is 1.39. The molecule has 0 fully saturated rings. The zero-order valence-electron chi connectivity index (χ0n) is 35.9. The van der Waals surface area contributed by atoms with E-state index in [0.717, 1.165) is 4.90 Å². The number of nitrogens with zero attached hydrogens (tertiary/aromatic N) is 1. The van der Waals surface area contributed by atoms with Gasteiger partial charge in [-0.1, -0.05) is 61.8 Å². The summed E-state index contributed by atoms with van der Waals surface area (Å²) in [7, 11) is -2.67. The molecule has 17 nitrogen and oxygen atoms in total. The van der Waals surface area contributed by atoms with Gasteiger partial charge in [0.2, 0.25) is 17.7 Å². The Labute approximate surface area is 340 Å². The highest BCUT2D eigenvalue weighted by atomic mass is 32.2. The molecule has 0 unspecified atom stereocenters. The van der Waals surface area contributed by atoms with Crippen molar-refractivity contribution in [2.75, 3.05) is 78.7 Å². The standard InChI is InChI=1S/C39H72N4O13S/c1-29(2)35(42-37(49)43(19-16-38(3,4)5)34(47)14-13-32(45)41-18-27-57(50,51)52)31(44)28-30(36(48)39(6,7)8)12-10-11-17-40-33(46)15-20-54-23-24-56-26-25-55-22-21-53-9/h29-30,35H,10-28H2,1-9H3,(H,40,46)(H,41,45)(H,42,49)(H,50,51,52)/t30-,35+/m1/s1. The smallest absolute Gasteiger partial charge is 0.324 e. The van der Waals surface area contributed by atoms with E-state index in [1.807, 2.05) is 20.8 Å². The zero-order valence-corrected chi connectivity index (χ0v) is 36.7. The number of Topliss-reactive ketones (excluding diaryl/α,β-unsaturated/α-hetero) is 2. The van der Waals surface area contributed by atoms with Gasteiger partial charge in [0.1, 0.15) is 5.78 Å². The number of urea groups is 1. The fourth-order valence-electron chi connectivity index (χ4n) is 5.37. The number of rotatable bonds is 31. The summed E-state index contributed by atoms with van der Waals surface area (Å²) in [5.74, 6) is -3.58. The van der Waals surface area contributed by atoms with Crippen LogP contribution in [0.15, 0.2) is 0 Å². The Bertz CT molecular complexity index is 1340. The quantitative estimate of drug-likeness (QED) is 0.0581. The maximum Gasteiger partial charge on any atom is 0.324 e. The van der Waals surface area contributed by atoms with Gasteiger partial charge >= 0.3 is 6.03 Å². The van der Waals surface area contributed by atoms with Crippen molar-refractivity contribution < 1.29 is 60.7 Å². The molecular weight excluding hydrogens is 765 g/mol. The highest BCUT2D eigenvalue weighted by molar-refractivity contribution is 7.85. The molecule has 332 valence electrons. The lowest BCUT2D eigenvalue weighted by atomic mass is 9.77. The number of imide groups is 1. The van der Waals surface area contributed by atoms with Crippen molar-refractivity contribution in [3.05, 3.63) is 0 Å². The van der Waals surface area contributed by atoms with Crippen molar-refractivity contribution in [2.45, 2.75) is 113 Å². The molecule has 0 radical (unpaired) electrons. The average Bonchev–Trinajstić information content (AvgIpc) is 3.09. The van der Waals surface area contributed by atoms with Crippen molar-refractivity contribution >= 4 is 45.4 Å². The maximum absolute atomic E-state index is 13.8. The highest BCUT2D eigenvalue weighted by Gasteiger charge is 2.35. The van der Waals surface area contributed by atoms with E-state index in [-0.39, 0.29) is 74.2 Å². The van der Waals surface area contributed by atoms with Crippen LogP contribution in [-0.2, 0) is 53.0 Å². The molecule has 0 heterocycles. The molecule has 2 atom stereocenters. The normalized spacial score (nSPS) is 13.2. The molecule has 0 aliphatic carbocycles. The van der Waals surface area contributed by atoms with Gasteiger partial charge < -0.3 is 34.9 Å². The average molecular weight is 837 g/mol. The second-order valence-corrected chi connectivity index (χ2v) is 18.1. The molecule has 0 spiro atoms. The molecule has 0 aliphatic rings. The van der Waals surface area contributed by atoms with E-state index < -0.39 is 51.1 Å². The molecule has 0 saturated heterocycles. The van der Waals surface area contributed by atoms with Crippen molar-refractivity contribution in [1.82, 2.24) is 20.9 Å². The summed E-state index contributed by atoms with van der Waals surface area (Å²) in [5, 5.41) is 7.89. The van der Waals surface area contributed by atoms with Gasteiger partial charge in [-0.15, -0.1) is 0 Å². The van der Waals surface area contributed by atoms with E-state index in [9.17, 15) is 37.2 Å². The molecular formula is C39H72N4O13S. The van der Waals surface area contributed by atoms with Gasteiger partial charge in [0, 0.05) is 63.8 Å². The second kappa shape index (κ2) is 28.4. The molecule has 18 heteroatoms. The van der Waals surface area contributed by atoms with Crippen molar-refractivity contribution in [3.63, 3.8) is 0 Å². The van der Waals surface area contributed by atoms with E-state index in [4.69, 9.17) is 23.5 Å². The molecule has 0 bridgehead atoms. The van der Waals surface area contributed by atoms with Gasteiger partial charge in [-0.25, -0.2) is 4.79 Å². The van der Waals surface area contributed by atoms with Crippen LogP contribution in [0.25, 0.3) is 0 Å². The Kier molecular flexibility index (Phi) is 26.9. The first-order valence-corrected chi connectivity index (χ1v) is 21.5. The topological polar surface area (TPSA) is 233 Å². The minimum atomic E-state index is -4.27. The lowest BCUT2D eigenvalue weighted by molar-refractivity contribution is -0.134. The van der Waals surface area contributed by atoms with Crippen molar-refractivity contribution in [3.8, 4) is 0 Å². The van der Waals surface area contributed by atoms with E-state index in [2.05, 4.69) is 16.0 Å². The Morgan fingerprint density at radius 1 is 0.737 bits per heavy atom. The molecule has 0 aromatic carbocycles. The lowest BCUT2D eigenvalue weighted by Gasteiger charge is -2.30. The van der Waals surface area contributed by atoms with Gasteiger partial charge in [-0.2, -0.15) is 8.42 Å². The second-order valence-electron chi connectivity index (χ2n) is 16.6. The van der Waals surface area contributed by atoms with Crippen LogP contribution in [0.4, 0.5) is 4.79 Å².